The van der Waals surface area contributed by atoms with Crippen molar-refractivity contribution in [3.8, 4) is 0 Å². The summed E-state index contributed by atoms with van der Waals surface area (Å²) in [5.74, 6) is 1.64. The fourth-order valence-corrected chi connectivity index (χ4v) is 3.66. The van der Waals surface area contributed by atoms with Gasteiger partial charge in [0.15, 0.2) is 0 Å². The van der Waals surface area contributed by atoms with E-state index in [1.165, 1.54) is 10.4 Å². The lowest BCUT2D eigenvalue weighted by Gasteiger charge is -2.34. The number of hydrogen-bond acceptors (Lipinski definition) is 7. The second kappa shape index (κ2) is 8.53. The molecule has 0 aromatic carbocycles. The number of morpholine rings is 1. The molecule has 0 amide bonds. The summed E-state index contributed by atoms with van der Waals surface area (Å²) in [6.07, 6.45) is 1.81. The Morgan fingerprint density at radius 1 is 1.46 bits per heavy atom. The van der Waals surface area contributed by atoms with Gasteiger partial charge in [-0.05, 0) is 30.0 Å². The van der Waals surface area contributed by atoms with Crippen LogP contribution in [0.4, 0.5) is 5.82 Å². The summed E-state index contributed by atoms with van der Waals surface area (Å²) in [5.41, 5.74) is 1.35. The van der Waals surface area contributed by atoms with Crippen LogP contribution in [0.5, 0.6) is 0 Å². The lowest BCUT2D eigenvalue weighted by Crippen LogP contribution is -2.39. The zero-order valence-corrected chi connectivity index (χ0v) is 15.0. The minimum absolute atomic E-state index is 0.0874. The quantitative estimate of drug-likeness (QED) is 0.776. The Morgan fingerprint density at radius 2 is 2.38 bits per heavy atom. The van der Waals surface area contributed by atoms with Gasteiger partial charge in [0.1, 0.15) is 11.6 Å². The molecule has 3 rings (SSSR count). The molecular weight excluding hydrogens is 324 g/mol. The van der Waals surface area contributed by atoms with Gasteiger partial charge in [0.25, 0.3) is 0 Å². The van der Waals surface area contributed by atoms with Gasteiger partial charge in [0, 0.05) is 37.8 Å². The molecule has 0 unspecified atom stereocenters. The summed E-state index contributed by atoms with van der Waals surface area (Å²) in [7, 11) is 1.69. The molecule has 1 aliphatic heterocycles. The average molecular weight is 348 g/mol. The van der Waals surface area contributed by atoms with Gasteiger partial charge < -0.3 is 14.8 Å². The van der Waals surface area contributed by atoms with E-state index in [-0.39, 0.29) is 6.04 Å². The number of nitrogens with zero attached hydrogens (tertiary/aromatic N) is 3. The van der Waals surface area contributed by atoms with Crippen LogP contribution < -0.4 is 5.32 Å². The molecule has 1 aliphatic rings. The Kier molecular flexibility index (Phi) is 6.14. The first-order chi connectivity index (χ1) is 11.8. The van der Waals surface area contributed by atoms with E-state index in [1.807, 2.05) is 17.4 Å². The SMILES string of the molecule is COCCNc1ccnc([C@@H]2COCCN2Cc2sccc2C)n1. The Bertz CT molecular complexity index is 649. The van der Waals surface area contributed by atoms with Crippen LogP contribution in [-0.2, 0) is 16.0 Å². The first-order valence-corrected chi connectivity index (χ1v) is 9.06. The average Bonchev–Trinajstić information content (AvgIpc) is 3.01. The maximum Gasteiger partial charge on any atom is 0.150 e. The van der Waals surface area contributed by atoms with Crippen molar-refractivity contribution < 1.29 is 9.47 Å². The Hall–Kier alpha value is -1.54. The predicted molar refractivity (Wildman–Crippen MR) is 95.4 cm³/mol. The third-order valence-corrected chi connectivity index (χ3v) is 5.15. The largest absolute Gasteiger partial charge is 0.383 e. The Labute approximate surface area is 146 Å². The number of ether oxygens (including phenoxy) is 2. The van der Waals surface area contributed by atoms with Crippen LogP contribution in [0, 0.1) is 6.92 Å². The zero-order chi connectivity index (χ0) is 16.8. The van der Waals surface area contributed by atoms with Crippen LogP contribution in [0.15, 0.2) is 23.7 Å². The zero-order valence-electron chi connectivity index (χ0n) is 14.2. The van der Waals surface area contributed by atoms with Crippen LogP contribution in [-0.4, -0.2) is 54.9 Å². The Balaban J connectivity index is 1.72. The van der Waals surface area contributed by atoms with E-state index < -0.39 is 0 Å². The molecule has 1 N–H and O–H groups in total. The molecule has 3 heterocycles. The van der Waals surface area contributed by atoms with E-state index in [4.69, 9.17) is 9.47 Å². The summed E-state index contributed by atoms with van der Waals surface area (Å²) >= 11 is 1.81. The van der Waals surface area contributed by atoms with E-state index in [2.05, 4.69) is 38.6 Å². The summed E-state index contributed by atoms with van der Waals surface area (Å²) in [5, 5.41) is 5.41. The maximum absolute atomic E-state index is 5.70. The minimum Gasteiger partial charge on any atom is -0.383 e. The van der Waals surface area contributed by atoms with Crippen LogP contribution in [0.2, 0.25) is 0 Å². The van der Waals surface area contributed by atoms with E-state index in [9.17, 15) is 0 Å². The smallest absolute Gasteiger partial charge is 0.150 e. The molecule has 0 bridgehead atoms. The third kappa shape index (κ3) is 4.30. The van der Waals surface area contributed by atoms with Crippen molar-refractivity contribution in [3.05, 3.63) is 40.0 Å². The van der Waals surface area contributed by atoms with Crippen molar-refractivity contribution in [1.29, 1.82) is 0 Å². The monoisotopic (exact) mass is 348 g/mol. The number of nitrogens with one attached hydrogen (secondary N) is 1. The highest BCUT2D eigenvalue weighted by Crippen LogP contribution is 2.27. The van der Waals surface area contributed by atoms with Crippen molar-refractivity contribution in [3.63, 3.8) is 0 Å². The lowest BCUT2D eigenvalue weighted by atomic mass is 10.2. The number of hydrogen-bond donors (Lipinski definition) is 1. The van der Waals surface area contributed by atoms with Crippen molar-refractivity contribution >= 4 is 17.2 Å². The van der Waals surface area contributed by atoms with E-state index >= 15 is 0 Å². The van der Waals surface area contributed by atoms with Gasteiger partial charge in [-0.2, -0.15) is 0 Å². The van der Waals surface area contributed by atoms with Crippen LogP contribution in [0.25, 0.3) is 0 Å². The summed E-state index contributed by atoms with van der Waals surface area (Å²) in [6, 6.07) is 4.15. The maximum atomic E-state index is 5.70. The second-order valence-electron chi connectivity index (χ2n) is 5.81. The number of methoxy groups -OCH3 is 1. The number of aromatic nitrogens is 2. The van der Waals surface area contributed by atoms with E-state index in [1.54, 1.807) is 13.3 Å². The standard InChI is InChI=1S/C17H24N4O2S/c1-13-4-10-24-15(13)11-21-7-9-23-12-14(21)17-19-5-3-16(20-17)18-6-8-22-2/h3-5,10,14H,6-9,11-12H2,1-2H3,(H,18,19,20)/t14-/m0/s1. The molecule has 0 saturated carbocycles. The van der Waals surface area contributed by atoms with E-state index in [0.29, 0.717) is 13.2 Å². The predicted octanol–water partition coefficient (Wildman–Crippen LogP) is 2.48. The van der Waals surface area contributed by atoms with Gasteiger partial charge >= 0.3 is 0 Å². The molecule has 2 aromatic rings. The molecule has 0 radical (unpaired) electrons. The molecule has 24 heavy (non-hydrogen) atoms. The van der Waals surface area contributed by atoms with Gasteiger partial charge in [-0.25, -0.2) is 9.97 Å². The molecule has 6 nitrogen and oxygen atoms in total. The first kappa shape index (κ1) is 17.3. The fourth-order valence-electron chi connectivity index (χ4n) is 2.73. The topological polar surface area (TPSA) is 59.5 Å². The van der Waals surface area contributed by atoms with Crippen LogP contribution in [0.1, 0.15) is 22.3 Å². The highest BCUT2D eigenvalue weighted by Gasteiger charge is 2.27. The van der Waals surface area contributed by atoms with Crippen molar-refractivity contribution in [2.24, 2.45) is 0 Å². The summed E-state index contributed by atoms with van der Waals surface area (Å²) in [4.78, 5) is 13.0. The van der Waals surface area contributed by atoms with Gasteiger partial charge in [-0.1, -0.05) is 0 Å². The molecule has 2 aromatic heterocycles. The summed E-state index contributed by atoms with van der Waals surface area (Å²) < 4.78 is 10.8. The van der Waals surface area contributed by atoms with Crippen LogP contribution in [0.3, 0.4) is 0 Å². The fraction of sp³-hybridized carbons (Fsp3) is 0.529. The number of thiophene rings is 1. The number of anilines is 1. The highest BCUT2D eigenvalue weighted by atomic mass is 32.1. The molecule has 0 aliphatic carbocycles. The van der Waals surface area contributed by atoms with Gasteiger partial charge in [0.2, 0.25) is 0 Å². The van der Waals surface area contributed by atoms with Gasteiger partial charge in [0.05, 0.1) is 25.9 Å². The summed E-state index contributed by atoms with van der Waals surface area (Å²) in [6.45, 7) is 6.74. The number of aryl methyl sites for hydroxylation is 1. The minimum atomic E-state index is 0.0874. The molecule has 1 atom stereocenters. The highest BCUT2D eigenvalue weighted by molar-refractivity contribution is 7.10. The van der Waals surface area contributed by atoms with E-state index in [0.717, 1.165) is 37.9 Å². The third-order valence-electron chi connectivity index (χ3n) is 4.14. The van der Waals surface area contributed by atoms with Crippen molar-refractivity contribution in [2.75, 3.05) is 45.3 Å². The molecule has 0 spiro atoms. The van der Waals surface area contributed by atoms with Crippen LogP contribution >= 0.6 is 11.3 Å². The number of rotatable bonds is 7. The normalized spacial score (nSPS) is 18.7. The van der Waals surface area contributed by atoms with Gasteiger partial charge in [-0.3, -0.25) is 4.90 Å². The lowest BCUT2D eigenvalue weighted by molar-refractivity contribution is -0.0155. The second-order valence-corrected chi connectivity index (χ2v) is 6.81. The molecular formula is C17H24N4O2S. The first-order valence-electron chi connectivity index (χ1n) is 8.18. The Morgan fingerprint density at radius 3 is 3.17 bits per heavy atom. The van der Waals surface area contributed by atoms with Crippen molar-refractivity contribution in [2.45, 2.75) is 19.5 Å². The van der Waals surface area contributed by atoms with Crippen molar-refractivity contribution in [1.82, 2.24) is 14.9 Å². The molecule has 1 saturated heterocycles. The molecule has 130 valence electrons. The molecule has 7 heteroatoms. The molecule has 1 fully saturated rings. The van der Waals surface area contributed by atoms with Gasteiger partial charge in [-0.15, -0.1) is 11.3 Å².